The molecule has 0 aliphatic carbocycles. The van der Waals surface area contributed by atoms with Crippen LogP contribution in [0.1, 0.15) is 25.5 Å². The van der Waals surface area contributed by atoms with Crippen molar-refractivity contribution in [3.05, 3.63) is 30.9 Å². The zero-order valence-electron chi connectivity index (χ0n) is 12.3. The molecule has 22 heavy (non-hydrogen) atoms. The highest BCUT2D eigenvalue weighted by atomic mass is 35.5. The fraction of sp³-hybridized carbons (Fsp3) is 0.500. The molecule has 2 aromatic heterocycles. The molecular weight excluding hydrogens is 328 g/mol. The van der Waals surface area contributed by atoms with Gasteiger partial charge in [-0.25, -0.2) is 4.79 Å². The third kappa shape index (κ3) is 3.30. The van der Waals surface area contributed by atoms with Crippen molar-refractivity contribution >= 4 is 34.6 Å². The maximum atomic E-state index is 12.1. The molecule has 8 nitrogen and oxygen atoms in total. The van der Waals surface area contributed by atoms with Crippen molar-refractivity contribution in [3.8, 4) is 0 Å². The van der Waals surface area contributed by atoms with Crippen LogP contribution in [0, 0.1) is 0 Å². The van der Waals surface area contributed by atoms with Gasteiger partial charge >= 0.3 is 5.69 Å². The number of nitrogens with zero attached hydrogens (tertiary/aromatic N) is 4. The van der Waals surface area contributed by atoms with E-state index >= 15 is 0 Å². The van der Waals surface area contributed by atoms with E-state index in [0.717, 1.165) is 24.4 Å². The van der Waals surface area contributed by atoms with Crippen molar-refractivity contribution in [2.45, 2.75) is 32.9 Å². The summed E-state index contributed by atoms with van der Waals surface area (Å²) in [6.45, 7) is 2.74. The number of aromatic amines is 1. The van der Waals surface area contributed by atoms with Crippen LogP contribution in [0.4, 0.5) is 11.5 Å². The van der Waals surface area contributed by atoms with Gasteiger partial charge in [-0.15, -0.1) is 5.10 Å². The number of nitrogen functional groups attached to an aromatic ring is 1. The van der Waals surface area contributed by atoms with E-state index in [1.54, 1.807) is 11.9 Å². The number of unbranched alkanes of at least 4 members (excludes halogenated alkanes) is 1. The first-order valence-electron chi connectivity index (χ1n) is 6.76. The number of halogens is 1. The predicted octanol–water partition coefficient (Wildman–Crippen LogP) is 1.06. The Kier molecular flexibility index (Phi) is 5.19. The maximum absolute atomic E-state index is 12.1. The summed E-state index contributed by atoms with van der Waals surface area (Å²) in [6, 6.07) is 0. The molecule has 0 aliphatic rings. The molecule has 10 heteroatoms. The van der Waals surface area contributed by atoms with Crippen LogP contribution in [0.15, 0.2) is 9.59 Å². The summed E-state index contributed by atoms with van der Waals surface area (Å²) >= 11 is 7.04. The summed E-state index contributed by atoms with van der Waals surface area (Å²) in [5.74, 6) is 0.143. The second-order valence-electron chi connectivity index (χ2n) is 4.85. The van der Waals surface area contributed by atoms with Gasteiger partial charge in [-0.05, 0) is 6.42 Å². The van der Waals surface area contributed by atoms with Gasteiger partial charge in [-0.2, -0.15) is 0 Å². The average Bonchev–Trinajstić information content (AvgIpc) is 2.83. The van der Waals surface area contributed by atoms with Gasteiger partial charge in [0.2, 0.25) is 0 Å². The maximum Gasteiger partial charge on any atom is 0.330 e. The number of aromatic nitrogens is 4. The monoisotopic (exact) mass is 344 g/mol. The molecule has 0 amide bonds. The van der Waals surface area contributed by atoms with Gasteiger partial charge in [0.05, 0.1) is 6.54 Å². The van der Waals surface area contributed by atoms with E-state index in [0.29, 0.717) is 16.6 Å². The molecule has 0 unspecified atom stereocenters. The third-order valence-corrected chi connectivity index (χ3v) is 4.21. The highest BCUT2D eigenvalue weighted by Gasteiger charge is 2.18. The molecule has 0 aromatic carbocycles. The van der Waals surface area contributed by atoms with Gasteiger partial charge in [-0.3, -0.25) is 14.3 Å². The van der Waals surface area contributed by atoms with Crippen LogP contribution >= 0.6 is 23.1 Å². The Labute approximate surface area is 135 Å². The Bertz CT molecular complexity index is 768. The first kappa shape index (κ1) is 16.5. The topological polar surface area (TPSA) is 110 Å². The highest BCUT2D eigenvalue weighted by Crippen LogP contribution is 2.22. The smallest absolute Gasteiger partial charge is 0.330 e. The van der Waals surface area contributed by atoms with Gasteiger partial charge in [0, 0.05) is 25.1 Å². The molecule has 0 saturated heterocycles. The molecule has 0 fully saturated rings. The quantitative estimate of drug-likeness (QED) is 0.810. The Balaban J connectivity index is 2.39. The van der Waals surface area contributed by atoms with E-state index in [-0.39, 0.29) is 18.1 Å². The largest absolute Gasteiger partial charge is 0.383 e. The zero-order valence-corrected chi connectivity index (χ0v) is 13.9. The summed E-state index contributed by atoms with van der Waals surface area (Å²) in [4.78, 5) is 27.9. The zero-order chi connectivity index (χ0) is 16.3. The lowest BCUT2D eigenvalue weighted by molar-refractivity contribution is 0.603. The molecule has 0 bridgehead atoms. The van der Waals surface area contributed by atoms with E-state index < -0.39 is 11.2 Å². The molecule has 0 spiro atoms. The minimum Gasteiger partial charge on any atom is -0.383 e. The first-order valence-corrected chi connectivity index (χ1v) is 7.91. The number of rotatable bonds is 6. The Morgan fingerprint density at radius 3 is 2.77 bits per heavy atom. The van der Waals surface area contributed by atoms with Crippen molar-refractivity contribution in [1.82, 2.24) is 19.1 Å². The van der Waals surface area contributed by atoms with Gasteiger partial charge < -0.3 is 10.6 Å². The van der Waals surface area contributed by atoms with Gasteiger partial charge in [-0.1, -0.05) is 29.4 Å². The molecule has 0 radical (unpaired) electrons. The second kappa shape index (κ2) is 6.93. The normalized spacial score (nSPS) is 10.9. The van der Waals surface area contributed by atoms with Crippen molar-refractivity contribution < 1.29 is 0 Å². The molecule has 120 valence electrons. The van der Waals surface area contributed by atoms with E-state index in [1.807, 2.05) is 6.92 Å². The minimum absolute atomic E-state index is 0.143. The number of anilines is 2. The number of nitrogens with one attached hydrogen (secondary N) is 1. The van der Waals surface area contributed by atoms with Gasteiger partial charge in [0.1, 0.15) is 21.5 Å². The van der Waals surface area contributed by atoms with E-state index in [2.05, 4.69) is 14.6 Å². The summed E-state index contributed by atoms with van der Waals surface area (Å²) in [5, 5.41) is 3.90. The summed E-state index contributed by atoms with van der Waals surface area (Å²) in [5.41, 5.74) is 5.78. The van der Waals surface area contributed by atoms with Crippen molar-refractivity contribution in [2.24, 2.45) is 0 Å². The minimum atomic E-state index is -0.531. The number of nitrogens with two attached hydrogens (primary N) is 1. The van der Waals surface area contributed by atoms with Crippen LogP contribution in [0.5, 0.6) is 0 Å². The van der Waals surface area contributed by atoms with Crippen molar-refractivity contribution in [2.75, 3.05) is 17.7 Å². The Morgan fingerprint density at radius 1 is 1.45 bits per heavy atom. The van der Waals surface area contributed by atoms with Crippen LogP contribution in [0.3, 0.4) is 0 Å². The molecule has 2 aromatic rings. The number of H-pyrrole nitrogens is 1. The van der Waals surface area contributed by atoms with Gasteiger partial charge in [0.25, 0.3) is 5.56 Å². The summed E-state index contributed by atoms with van der Waals surface area (Å²) in [7, 11) is 1.69. The number of hydrogen-bond acceptors (Lipinski definition) is 7. The second-order valence-corrected chi connectivity index (χ2v) is 6.20. The molecule has 0 atom stereocenters. The average molecular weight is 345 g/mol. The molecule has 0 aliphatic heterocycles. The van der Waals surface area contributed by atoms with Crippen LogP contribution in [0.2, 0.25) is 4.34 Å². The van der Waals surface area contributed by atoms with Crippen molar-refractivity contribution in [1.29, 1.82) is 0 Å². The van der Waals surface area contributed by atoms with Crippen LogP contribution < -0.4 is 21.9 Å². The van der Waals surface area contributed by atoms with Crippen molar-refractivity contribution in [3.63, 3.8) is 0 Å². The van der Waals surface area contributed by atoms with Crippen LogP contribution in [-0.2, 0) is 13.1 Å². The van der Waals surface area contributed by atoms with Crippen LogP contribution in [-0.4, -0.2) is 26.2 Å². The lowest BCUT2D eigenvalue weighted by atomic mass is 10.3. The molecule has 0 saturated carbocycles. The van der Waals surface area contributed by atoms with E-state index in [4.69, 9.17) is 17.3 Å². The summed E-state index contributed by atoms with van der Waals surface area (Å²) in [6.07, 6.45) is 1.71. The molecular formula is C12H17ClN6O2S. The standard InChI is InChI=1S/C12H17ClN6O2S/c1-3-4-5-19-10(14)8(11(20)15-12(19)21)18(2)6-7-9(13)22-17-16-7/h3-6,14H2,1-2H3,(H,15,20,21). The Morgan fingerprint density at radius 2 is 2.18 bits per heavy atom. The van der Waals surface area contributed by atoms with E-state index in [1.165, 1.54) is 4.57 Å². The lowest BCUT2D eigenvalue weighted by Gasteiger charge is -2.21. The predicted molar refractivity (Wildman–Crippen MR) is 87.7 cm³/mol. The fourth-order valence-electron chi connectivity index (χ4n) is 2.08. The van der Waals surface area contributed by atoms with Crippen LogP contribution in [0.25, 0.3) is 0 Å². The highest BCUT2D eigenvalue weighted by molar-refractivity contribution is 7.10. The molecule has 2 heterocycles. The SMILES string of the molecule is CCCCn1c(N)c(N(C)Cc2nnsc2Cl)c(=O)[nH]c1=O. The Hall–Kier alpha value is -1.87. The summed E-state index contributed by atoms with van der Waals surface area (Å²) < 4.78 is 5.58. The first-order chi connectivity index (χ1) is 10.5. The molecule has 3 N–H and O–H groups in total. The number of hydrogen-bond donors (Lipinski definition) is 2. The van der Waals surface area contributed by atoms with Gasteiger partial charge in [0.15, 0.2) is 0 Å². The third-order valence-electron chi connectivity index (χ3n) is 3.23. The fourth-order valence-corrected chi connectivity index (χ4v) is 2.69. The molecule has 2 rings (SSSR count). The van der Waals surface area contributed by atoms with E-state index in [9.17, 15) is 9.59 Å². The lowest BCUT2D eigenvalue weighted by Crippen LogP contribution is -2.37.